The standard InChI is InChI=1S/C13H16N2O/c1-9-6-12(7-10(2)14-9)11-4-3-5-13(8-11)15-16/h6-8,16H,3-5H2,1-2H3. The average Bonchev–Trinajstić information content (AvgIpc) is 2.28. The van der Waals surface area contributed by atoms with Gasteiger partial charge in [-0.3, -0.25) is 4.98 Å². The molecule has 0 bridgehead atoms. The molecule has 0 amide bonds. The van der Waals surface area contributed by atoms with E-state index >= 15 is 0 Å². The average molecular weight is 216 g/mol. The van der Waals surface area contributed by atoms with Gasteiger partial charge < -0.3 is 5.21 Å². The van der Waals surface area contributed by atoms with Crippen LogP contribution in [0.15, 0.2) is 23.4 Å². The summed E-state index contributed by atoms with van der Waals surface area (Å²) in [6.45, 7) is 4.00. The molecule has 0 radical (unpaired) electrons. The van der Waals surface area contributed by atoms with E-state index < -0.39 is 0 Å². The minimum absolute atomic E-state index is 0.772. The molecule has 1 aromatic heterocycles. The van der Waals surface area contributed by atoms with E-state index in [2.05, 4.69) is 22.3 Å². The first-order valence-corrected chi connectivity index (χ1v) is 5.56. The zero-order valence-electron chi connectivity index (χ0n) is 9.70. The van der Waals surface area contributed by atoms with Gasteiger partial charge in [-0.05, 0) is 62.5 Å². The highest BCUT2D eigenvalue weighted by Crippen LogP contribution is 2.26. The number of rotatable bonds is 1. The molecule has 0 aromatic carbocycles. The Balaban J connectivity index is 2.40. The second-order valence-electron chi connectivity index (χ2n) is 4.25. The number of hydrogen-bond acceptors (Lipinski definition) is 3. The molecular formula is C13H16N2O. The molecule has 2 rings (SSSR count). The minimum atomic E-state index is 0.772. The third-order valence-electron chi connectivity index (χ3n) is 2.80. The lowest BCUT2D eigenvalue weighted by Gasteiger charge is -2.14. The van der Waals surface area contributed by atoms with E-state index in [4.69, 9.17) is 5.21 Å². The molecule has 1 aliphatic carbocycles. The number of allylic oxidation sites excluding steroid dienone is 2. The van der Waals surface area contributed by atoms with Crippen molar-refractivity contribution in [1.29, 1.82) is 0 Å². The van der Waals surface area contributed by atoms with Crippen LogP contribution in [0, 0.1) is 13.8 Å². The maximum Gasteiger partial charge on any atom is 0.0798 e. The number of hydrogen-bond donors (Lipinski definition) is 1. The highest BCUT2D eigenvalue weighted by Gasteiger charge is 2.11. The van der Waals surface area contributed by atoms with Crippen molar-refractivity contribution in [2.75, 3.05) is 0 Å². The largest absolute Gasteiger partial charge is 0.411 e. The van der Waals surface area contributed by atoms with E-state index in [0.29, 0.717) is 0 Å². The van der Waals surface area contributed by atoms with E-state index in [0.717, 1.165) is 36.4 Å². The van der Waals surface area contributed by atoms with Crippen LogP contribution in [0.5, 0.6) is 0 Å². The van der Waals surface area contributed by atoms with Crippen molar-refractivity contribution in [2.45, 2.75) is 33.1 Å². The van der Waals surface area contributed by atoms with Gasteiger partial charge in [0.2, 0.25) is 0 Å². The number of aromatic nitrogens is 1. The zero-order valence-corrected chi connectivity index (χ0v) is 9.70. The molecule has 16 heavy (non-hydrogen) atoms. The zero-order chi connectivity index (χ0) is 11.5. The summed E-state index contributed by atoms with van der Waals surface area (Å²) >= 11 is 0. The second-order valence-corrected chi connectivity index (χ2v) is 4.25. The highest BCUT2D eigenvalue weighted by atomic mass is 16.4. The quantitative estimate of drug-likeness (QED) is 0.579. The summed E-state index contributed by atoms with van der Waals surface area (Å²) in [6, 6.07) is 4.16. The van der Waals surface area contributed by atoms with Crippen LogP contribution in [0.4, 0.5) is 0 Å². The third kappa shape index (κ3) is 2.30. The van der Waals surface area contributed by atoms with Crippen LogP contribution in [-0.2, 0) is 0 Å². The van der Waals surface area contributed by atoms with Crippen LogP contribution in [-0.4, -0.2) is 15.9 Å². The van der Waals surface area contributed by atoms with Gasteiger partial charge in [0, 0.05) is 11.4 Å². The molecule has 0 saturated carbocycles. The van der Waals surface area contributed by atoms with E-state index in [1.807, 2.05) is 19.9 Å². The maximum atomic E-state index is 8.80. The Labute approximate surface area is 95.5 Å². The molecule has 84 valence electrons. The Morgan fingerprint density at radius 1 is 1.19 bits per heavy atom. The predicted octanol–water partition coefficient (Wildman–Crippen LogP) is 3.10. The summed E-state index contributed by atoms with van der Waals surface area (Å²) in [5, 5.41) is 12.1. The molecule has 0 saturated heterocycles. The van der Waals surface area contributed by atoms with Gasteiger partial charge in [0.15, 0.2) is 0 Å². The van der Waals surface area contributed by atoms with Gasteiger partial charge in [-0.25, -0.2) is 0 Å². The smallest absolute Gasteiger partial charge is 0.0798 e. The molecule has 0 aliphatic heterocycles. The normalized spacial score (nSPS) is 18.6. The highest BCUT2D eigenvalue weighted by molar-refractivity contribution is 6.01. The summed E-state index contributed by atoms with van der Waals surface area (Å²) in [5.74, 6) is 0. The first-order valence-electron chi connectivity index (χ1n) is 5.56. The fraction of sp³-hybridized carbons (Fsp3) is 0.385. The lowest BCUT2D eigenvalue weighted by molar-refractivity contribution is 0.318. The fourth-order valence-corrected chi connectivity index (χ4v) is 2.13. The van der Waals surface area contributed by atoms with Crippen LogP contribution < -0.4 is 0 Å². The molecule has 1 heterocycles. The Hall–Kier alpha value is -1.64. The first-order chi connectivity index (χ1) is 7.69. The summed E-state index contributed by atoms with van der Waals surface area (Å²) in [6.07, 6.45) is 4.94. The summed E-state index contributed by atoms with van der Waals surface area (Å²) in [7, 11) is 0. The van der Waals surface area contributed by atoms with E-state index in [-0.39, 0.29) is 0 Å². The van der Waals surface area contributed by atoms with Crippen molar-refractivity contribution >= 4 is 11.3 Å². The molecule has 1 aliphatic rings. The summed E-state index contributed by atoms with van der Waals surface area (Å²) < 4.78 is 0. The van der Waals surface area contributed by atoms with Crippen molar-refractivity contribution in [3.8, 4) is 0 Å². The van der Waals surface area contributed by atoms with Gasteiger partial charge >= 0.3 is 0 Å². The van der Waals surface area contributed by atoms with Gasteiger partial charge in [0.05, 0.1) is 5.71 Å². The maximum absolute atomic E-state index is 8.80. The van der Waals surface area contributed by atoms with Crippen molar-refractivity contribution in [2.24, 2.45) is 5.16 Å². The number of pyridine rings is 1. The monoisotopic (exact) mass is 216 g/mol. The number of aryl methyl sites for hydroxylation is 2. The van der Waals surface area contributed by atoms with E-state index in [1.54, 1.807) is 0 Å². The van der Waals surface area contributed by atoms with Crippen LogP contribution in [0.25, 0.3) is 5.57 Å². The van der Waals surface area contributed by atoms with Crippen molar-refractivity contribution < 1.29 is 5.21 Å². The first kappa shape index (κ1) is 10.9. The number of oxime groups is 1. The van der Waals surface area contributed by atoms with Crippen LogP contribution in [0.2, 0.25) is 0 Å². The predicted molar refractivity (Wildman–Crippen MR) is 64.8 cm³/mol. The van der Waals surface area contributed by atoms with Gasteiger partial charge in [-0.15, -0.1) is 0 Å². The van der Waals surface area contributed by atoms with Crippen LogP contribution in [0.3, 0.4) is 0 Å². The van der Waals surface area contributed by atoms with Gasteiger partial charge in [-0.2, -0.15) is 0 Å². The third-order valence-corrected chi connectivity index (χ3v) is 2.80. The molecule has 3 heteroatoms. The van der Waals surface area contributed by atoms with Crippen molar-refractivity contribution in [1.82, 2.24) is 4.98 Å². The molecule has 1 N–H and O–H groups in total. The van der Waals surface area contributed by atoms with Crippen LogP contribution in [0.1, 0.15) is 36.2 Å². The lowest BCUT2D eigenvalue weighted by atomic mass is 9.92. The topological polar surface area (TPSA) is 45.5 Å². The summed E-state index contributed by atoms with van der Waals surface area (Å²) in [5.41, 5.74) is 5.28. The van der Waals surface area contributed by atoms with Crippen LogP contribution >= 0.6 is 0 Å². The van der Waals surface area contributed by atoms with E-state index in [9.17, 15) is 0 Å². The molecule has 0 fully saturated rings. The lowest BCUT2D eigenvalue weighted by Crippen LogP contribution is -2.03. The fourth-order valence-electron chi connectivity index (χ4n) is 2.13. The summed E-state index contributed by atoms with van der Waals surface area (Å²) in [4.78, 5) is 4.36. The molecule has 1 aromatic rings. The Morgan fingerprint density at radius 2 is 1.88 bits per heavy atom. The Kier molecular flexibility index (Phi) is 3.04. The molecule has 0 atom stereocenters. The minimum Gasteiger partial charge on any atom is -0.411 e. The van der Waals surface area contributed by atoms with Gasteiger partial charge in [0.25, 0.3) is 0 Å². The SMILES string of the molecule is Cc1cc(C2=CC(=NO)CCC2)cc(C)n1. The van der Waals surface area contributed by atoms with Gasteiger partial charge in [0.1, 0.15) is 0 Å². The molecule has 3 nitrogen and oxygen atoms in total. The molecular weight excluding hydrogens is 200 g/mol. The Morgan fingerprint density at radius 3 is 2.50 bits per heavy atom. The Bertz CT molecular complexity index is 441. The molecule has 0 unspecified atom stereocenters. The van der Waals surface area contributed by atoms with Crippen molar-refractivity contribution in [3.05, 3.63) is 35.2 Å². The number of nitrogens with zero attached hydrogens (tertiary/aromatic N) is 2. The van der Waals surface area contributed by atoms with E-state index in [1.165, 1.54) is 11.1 Å². The van der Waals surface area contributed by atoms with Gasteiger partial charge in [-0.1, -0.05) is 5.16 Å². The van der Waals surface area contributed by atoms with Crippen molar-refractivity contribution in [3.63, 3.8) is 0 Å². The molecule has 0 spiro atoms. The second kappa shape index (κ2) is 4.47.